The molecule has 1 saturated heterocycles. The van der Waals surface area contributed by atoms with Crippen LogP contribution in [0.4, 0.5) is 5.69 Å². The number of anilines is 1. The van der Waals surface area contributed by atoms with Gasteiger partial charge in [-0.1, -0.05) is 0 Å². The number of piperazine rings is 1. The van der Waals surface area contributed by atoms with Crippen LogP contribution in [0, 0.1) is 0 Å². The van der Waals surface area contributed by atoms with Gasteiger partial charge < -0.3 is 19.9 Å². The molecule has 0 saturated carbocycles. The average Bonchev–Trinajstić information content (AvgIpc) is 2.59. The van der Waals surface area contributed by atoms with E-state index in [1.165, 1.54) is 0 Å². The molecule has 0 aromatic carbocycles. The third kappa shape index (κ3) is 4.41. The molecule has 23 heavy (non-hydrogen) atoms. The van der Waals surface area contributed by atoms with Gasteiger partial charge in [-0.25, -0.2) is 0 Å². The molecule has 0 bridgehead atoms. The van der Waals surface area contributed by atoms with Crippen LogP contribution in [0.5, 0.6) is 0 Å². The average molecular weight is 320 g/mol. The van der Waals surface area contributed by atoms with Crippen LogP contribution < -0.4 is 10.2 Å². The second kappa shape index (κ2) is 7.92. The van der Waals surface area contributed by atoms with Crippen LogP contribution in [-0.4, -0.2) is 67.6 Å². The highest BCUT2D eigenvalue weighted by atomic mass is 16.5. The van der Waals surface area contributed by atoms with Crippen LogP contribution in [0.15, 0.2) is 18.3 Å². The van der Waals surface area contributed by atoms with Gasteiger partial charge in [0.05, 0.1) is 12.6 Å². The van der Waals surface area contributed by atoms with Crippen molar-refractivity contribution in [2.75, 3.05) is 44.7 Å². The summed E-state index contributed by atoms with van der Waals surface area (Å²) >= 11 is 0. The molecular weight excluding hydrogens is 296 g/mol. The third-order valence-electron chi connectivity index (χ3n) is 3.91. The van der Waals surface area contributed by atoms with E-state index >= 15 is 0 Å². The zero-order valence-electron chi connectivity index (χ0n) is 13.9. The Hall–Kier alpha value is -2.15. The molecule has 1 aromatic heterocycles. The molecule has 0 radical (unpaired) electrons. The number of rotatable bonds is 6. The Labute approximate surface area is 136 Å². The number of carbonyl (C=O) groups excluding carboxylic acids is 2. The summed E-state index contributed by atoms with van der Waals surface area (Å²) in [5, 5.41) is 2.79. The van der Waals surface area contributed by atoms with Gasteiger partial charge in [-0.05, 0) is 26.0 Å². The zero-order valence-corrected chi connectivity index (χ0v) is 13.9. The monoisotopic (exact) mass is 320 g/mol. The first-order valence-corrected chi connectivity index (χ1v) is 7.85. The van der Waals surface area contributed by atoms with Crippen molar-refractivity contribution in [1.82, 2.24) is 15.2 Å². The van der Waals surface area contributed by atoms with Crippen LogP contribution >= 0.6 is 0 Å². The maximum atomic E-state index is 12.6. The van der Waals surface area contributed by atoms with Gasteiger partial charge in [0, 0.05) is 45.2 Å². The van der Waals surface area contributed by atoms with Gasteiger partial charge in [0.1, 0.15) is 5.69 Å². The molecule has 1 fully saturated rings. The molecule has 2 heterocycles. The zero-order chi connectivity index (χ0) is 16.8. The lowest BCUT2D eigenvalue weighted by atomic mass is 10.2. The summed E-state index contributed by atoms with van der Waals surface area (Å²) in [7, 11) is 1.63. The van der Waals surface area contributed by atoms with Crippen molar-refractivity contribution in [3.63, 3.8) is 0 Å². The summed E-state index contributed by atoms with van der Waals surface area (Å²) in [6.07, 6.45) is 1.58. The van der Waals surface area contributed by atoms with E-state index in [0.29, 0.717) is 31.9 Å². The van der Waals surface area contributed by atoms with Crippen LogP contribution in [-0.2, 0) is 9.53 Å². The molecule has 7 heteroatoms. The summed E-state index contributed by atoms with van der Waals surface area (Å²) in [6, 6.07) is 3.57. The van der Waals surface area contributed by atoms with Crippen molar-refractivity contribution >= 4 is 17.5 Å². The summed E-state index contributed by atoms with van der Waals surface area (Å²) in [4.78, 5) is 32.0. The summed E-state index contributed by atoms with van der Waals surface area (Å²) in [6.45, 7) is 6.59. The van der Waals surface area contributed by atoms with Crippen LogP contribution in [0.25, 0.3) is 0 Å². The van der Waals surface area contributed by atoms with Gasteiger partial charge in [-0.3, -0.25) is 14.6 Å². The molecule has 1 aromatic rings. The Morgan fingerprint density at radius 2 is 2.35 bits per heavy atom. The standard InChI is InChI=1S/C16H24N4O3/c1-4-19(10-12(2)23-3)16(22)14-9-13(5-6-17-14)20-8-7-18-15(21)11-20/h5-6,9,12H,4,7-8,10-11H2,1-3H3,(H,18,21). The number of pyridine rings is 1. The first-order chi connectivity index (χ1) is 11.0. The van der Waals surface area contributed by atoms with E-state index < -0.39 is 0 Å². The fraction of sp³-hybridized carbons (Fsp3) is 0.562. The molecule has 126 valence electrons. The van der Waals surface area contributed by atoms with Crippen molar-refractivity contribution < 1.29 is 14.3 Å². The Balaban J connectivity index is 2.14. The minimum absolute atomic E-state index is 0.00922. The van der Waals surface area contributed by atoms with E-state index in [-0.39, 0.29) is 17.9 Å². The lowest BCUT2D eigenvalue weighted by Gasteiger charge is -2.29. The third-order valence-corrected chi connectivity index (χ3v) is 3.91. The first-order valence-electron chi connectivity index (χ1n) is 7.85. The van der Waals surface area contributed by atoms with E-state index in [2.05, 4.69) is 10.3 Å². The molecule has 1 atom stereocenters. The number of ether oxygens (including phenoxy) is 1. The fourth-order valence-corrected chi connectivity index (χ4v) is 2.49. The minimum atomic E-state index is -0.125. The number of carbonyl (C=O) groups is 2. The molecule has 1 aliphatic rings. The Bertz CT molecular complexity index is 564. The molecule has 7 nitrogen and oxygen atoms in total. The smallest absolute Gasteiger partial charge is 0.272 e. The van der Waals surface area contributed by atoms with Crippen LogP contribution in [0.2, 0.25) is 0 Å². The number of amides is 2. The topological polar surface area (TPSA) is 74.8 Å². The molecular formula is C16H24N4O3. The van der Waals surface area contributed by atoms with Crippen LogP contribution in [0.3, 0.4) is 0 Å². The summed E-state index contributed by atoms with van der Waals surface area (Å²) in [5.74, 6) is -0.134. The summed E-state index contributed by atoms with van der Waals surface area (Å²) < 4.78 is 5.23. The second-order valence-electron chi connectivity index (χ2n) is 5.56. The maximum absolute atomic E-state index is 12.6. The molecule has 0 spiro atoms. The van der Waals surface area contributed by atoms with E-state index in [4.69, 9.17) is 4.74 Å². The van der Waals surface area contributed by atoms with E-state index in [0.717, 1.165) is 12.2 Å². The molecule has 1 aliphatic heterocycles. The first kappa shape index (κ1) is 17.2. The predicted octanol–water partition coefficient (Wildman–Crippen LogP) is 0.515. The molecule has 0 aliphatic carbocycles. The van der Waals surface area contributed by atoms with E-state index in [9.17, 15) is 9.59 Å². The molecule has 1 unspecified atom stereocenters. The van der Waals surface area contributed by atoms with Gasteiger partial charge >= 0.3 is 0 Å². The van der Waals surface area contributed by atoms with Gasteiger partial charge in [-0.2, -0.15) is 0 Å². The number of hydrogen-bond acceptors (Lipinski definition) is 5. The number of nitrogens with zero attached hydrogens (tertiary/aromatic N) is 3. The number of likely N-dealkylation sites (N-methyl/N-ethyl adjacent to an activating group) is 1. The van der Waals surface area contributed by atoms with Gasteiger partial charge in [-0.15, -0.1) is 0 Å². The normalized spacial score (nSPS) is 16.0. The van der Waals surface area contributed by atoms with Crippen molar-refractivity contribution in [2.45, 2.75) is 20.0 Å². The lowest BCUT2D eigenvalue weighted by Crippen LogP contribution is -2.47. The number of nitrogens with one attached hydrogen (secondary N) is 1. The Morgan fingerprint density at radius 3 is 3.00 bits per heavy atom. The van der Waals surface area contributed by atoms with Gasteiger partial charge in [0.15, 0.2) is 0 Å². The Kier molecular flexibility index (Phi) is 5.92. The number of methoxy groups -OCH3 is 1. The molecule has 1 N–H and O–H groups in total. The second-order valence-corrected chi connectivity index (χ2v) is 5.56. The lowest BCUT2D eigenvalue weighted by molar-refractivity contribution is -0.120. The summed E-state index contributed by atoms with van der Waals surface area (Å²) in [5.41, 5.74) is 1.23. The molecule has 2 rings (SSSR count). The van der Waals surface area contributed by atoms with Crippen molar-refractivity contribution in [2.24, 2.45) is 0 Å². The van der Waals surface area contributed by atoms with Gasteiger partial charge in [0.25, 0.3) is 5.91 Å². The van der Waals surface area contributed by atoms with Crippen LogP contribution in [0.1, 0.15) is 24.3 Å². The Morgan fingerprint density at radius 1 is 1.57 bits per heavy atom. The van der Waals surface area contributed by atoms with Crippen molar-refractivity contribution in [1.29, 1.82) is 0 Å². The quantitative estimate of drug-likeness (QED) is 0.827. The minimum Gasteiger partial charge on any atom is -0.380 e. The van der Waals surface area contributed by atoms with Crippen molar-refractivity contribution in [3.05, 3.63) is 24.0 Å². The molecule has 2 amide bonds. The highest BCUT2D eigenvalue weighted by Crippen LogP contribution is 2.16. The predicted molar refractivity (Wildman–Crippen MR) is 87.5 cm³/mol. The SMILES string of the molecule is CCN(CC(C)OC)C(=O)c1cc(N2CCNC(=O)C2)ccn1. The highest BCUT2D eigenvalue weighted by molar-refractivity contribution is 5.93. The fourth-order valence-electron chi connectivity index (χ4n) is 2.49. The van der Waals surface area contributed by atoms with E-state index in [1.807, 2.05) is 24.8 Å². The van der Waals surface area contributed by atoms with Gasteiger partial charge in [0.2, 0.25) is 5.91 Å². The number of aromatic nitrogens is 1. The maximum Gasteiger partial charge on any atom is 0.272 e. The highest BCUT2D eigenvalue weighted by Gasteiger charge is 2.21. The van der Waals surface area contributed by atoms with Crippen molar-refractivity contribution in [3.8, 4) is 0 Å². The number of hydrogen-bond donors (Lipinski definition) is 1. The largest absolute Gasteiger partial charge is 0.380 e. The van der Waals surface area contributed by atoms with E-state index in [1.54, 1.807) is 24.3 Å².